The van der Waals surface area contributed by atoms with Crippen LogP contribution in [0.1, 0.15) is 17.2 Å². The number of halogens is 2. The van der Waals surface area contributed by atoms with Crippen LogP contribution in [0, 0.1) is 6.92 Å². The van der Waals surface area contributed by atoms with Gasteiger partial charge < -0.3 is 14.8 Å². The number of hydrogen-bond donors (Lipinski definition) is 1. The molecule has 0 saturated carbocycles. The van der Waals surface area contributed by atoms with E-state index in [0.717, 1.165) is 28.2 Å². The van der Waals surface area contributed by atoms with E-state index < -0.39 is 0 Å². The highest BCUT2D eigenvalue weighted by molar-refractivity contribution is 14.0. The number of benzene rings is 1. The van der Waals surface area contributed by atoms with Crippen molar-refractivity contribution in [2.75, 3.05) is 13.6 Å². The van der Waals surface area contributed by atoms with E-state index in [1.807, 2.05) is 54.8 Å². The molecule has 0 aliphatic carbocycles. The predicted octanol–water partition coefficient (Wildman–Crippen LogP) is 3.16. The quantitative estimate of drug-likeness (QED) is 0.302. The monoisotopic (exact) mass is 474 g/mol. The molecule has 1 N–H and O–H groups in total. The van der Waals surface area contributed by atoms with E-state index in [2.05, 4.69) is 27.1 Å². The molecule has 0 aliphatic rings. The number of aryl methyl sites for hydroxylation is 1. The normalized spacial score (nSPS) is 11.0. The second kappa shape index (κ2) is 10.4. The van der Waals surface area contributed by atoms with E-state index in [4.69, 9.17) is 11.6 Å². The highest BCUT2D eigenvalue weighted by atomic mass is 127. The summed E-state index contributed by atoms with van der Waals surface area (Å²) in [5.74, 6) is 2.46. The number of nitrogens with one attached hydrogen (secondary N) is 1. The van der Waals surface area contributed by atoms with Crippen molar-refractivity contribution in [3.63, 3.8) is 0 Å². The maximum atomic E-state index is 6.06. The summed E-state index contributed by atoms with van der Waals surface area (Å²) in [5.41, 5.74) is 1.12. The number of guanidine groups is 1. The number of aromatic nitrogens is 3. The molecule has 6 nitrogen and oxygen atoms in total. The van der Waals surface area contributed by atoms with Crippen LogP contribution in [-0.4, -0.2) is 39.2 Å². The summed E-state index contributed by atoms with van der Waals surface area (Å²) in [5, 5.41) is 12.2. The van der Waals surface area contributed by atoms with Gasteiger partial charge in [-0.2, -0.15) is 0 Å². The molecule has 8 heteroatoms. The van der Waals surface area contributed by atoms with E-state index >= 15 is 0 Å². The minimum Gasteiger partial charge on any atom is -0.353 e. The molecule has 136 valence electrons. The van der Waals surface area contributed by atoms with Crippen LogP contribution in [0.25, 0.3) is 0 Å². The summed E-state index contributed by atoms with van der Waals surface area (Å²) >= 11 is 6.06. The molecule has 1 aromatic carbocycles. The average molecular weight is 475 g/mol. The zero-order valence-electron chi connectivity index (χ0n) is 14.7. The zero-order valence-corrected chi connectivity index (χ0v) is 17.8. The minimum atomic E-state index is 0. The maximum Gasteiger partial charge on any atom is 0.194 e. The molecule has 0 unspecified atom stereocenters. The molecule has 0 bridgehead atoms. The number of rotatable bonds is 6. The van der Waals surface area contributed by atoms with Gasteiger partial charge in [-0.1, -0.05) is 29.8 Å². The fraction of sp³-hybridized carbons (Fsp3) is 0.353. The van der Waals surface area contributed by atoms with Crippen molar-refractivity contribution >= 4 is 41.5 Å². The number of nitrogens with zero attached hydrogens (tertiary/aromatic N) is 5. The first-order valence-corrected chi connectivity index (χ1v) is 8.08. The van der Waals surface area contributed by atoms with Crippen LogP contribution in [0.2, 0.25) is 5.02 Å². The van der Waals surface area contributed by atoms with Crippen molar-refractivity contribution in [2.45, 2.75) is 20.0 Å². The van der Waals surface area contributed by atoms with E-state index in [9.17, 15) is 0 Å². The Labute approximate surface area is 171 Å². The minimum absolute atomic E-state index is 0. The van der Waals surface area contributed by atoms with Crippen molar-refractivity contribution in [1.29, 1.82) is 0 Å². The largest absolute Gasteiger partial charge is 0.353 e. The third-order valence-corrected chi connectivity index (χ3v) is 3.86. The Bertz CT molecular complexity index is 728. The van der Waals surface area contributed by atoms with Gasteiger partial charge in [-0.3, -0.25) is 0 Å². The molecule has 2 rings (SSSR count). The van der Waals surface area contributed by atoms with Gasteiger partial charge in [0.15, 0.2) is 11.8 Å². The molecule has 0 atom stereocenters. The van der Waals surface area contributed by atoms with Gasteiger partial charge in [-0.15, -0.1) is 40.8 Å². The molecule has 1 heterocycles. The molecule has 0 amide bonds. The van der Waals surface area contributed by atoms with Crippen LogP contribution in [0.3, 0.4) is 0 Å². The van der Waals surface area contributed by atoms with Gasteiger partial charge in [0, 0.05) is 32.2 Å². The second-order valence-electron chi connectivity index (χ2n) is 5.52. The van der Waals surface area contributed by atoms with Crippen LogP contribution >= 0.6 is 35.6 Å². The zero-order chi connectivity index (χ0) is 17.5. The van der Waals surface area contributed by atoms with Crippen molar-refractivity contribution in [3.8, 4) is 0 Å². The Hall–Kier alpha value is -1.61. The molecule has 0 radical (unpaired) electrons. The molecule has 1 aromatic heterocycles. The molecular weight excluding hydrogens is 451 g/mol. The first-order valence-electron chi connectivity index (χ1n) is 7.71. The van der Waals surface area contributed by atoms with Crippen LogP contribution in [0.15, 0.2) is 41.9 Å². The van der Waals surface area contributed by atoms with Gasteiger partial charge in [-0.25, -0.2) is 4.99 Å². The summed E-state index contributed by atoms with van der Waals surface area (Å²) < 4.78 is 1.94. The van der Waals surface area contributed by atoms with Crippen molar-refractivity contribution in [3.05, 3.63) is 59.2 Å². The van der Waals surface area contributed by atoms with E-state index in [1.54, 1.807) is 6.08 Å². The van der Waals surface area contributed by atoms with Crippen LogP contribution in [-0.2, 0) is 20.1 Å². The van der Waals surface area contributed by atoms with Crippen molar-refractivity contribution in [2.24, 2.45) is 12.0 Å². The van der Waals surface area contributed by atoms with Gasteiger partial charge in [0.1, 0.15) is 12.4 Å². The van der Waals surface area contributed by atoms with Gasteiger partial charge >= 0.3 is 0 Å². The molecule has 0 fully saturated rings. The fourth-order valence-electron chi connectivity index (χ4n) is 2.19. The Balaban J connectivity index is 0.00000312. The lowest BCUT2D eigenvalue weighted by Crippen LogP contribution is -2.38. The SMILES string of the molecule is C=CCNC(=NCc1nnc(C)n1C)N(C)Cc1cccc(Cl)c1.I. The molecule has 0 spiro atoms. The second-order valence-corrected chi connectivity index (χ2v) is 5.95. The Kier molecular flexibility index (Phi) is 8.91. The first kappa shape index (κ1) is 21.4. The lowest BCUT2D eigenvalue weighted by molar-refractivity contribution is 0.477. The van der Waals surface area contributed by atoms with Crippen LogP contribution in [0.4, 0.5) is 0 Å². The lowest BCUT2D eigenvalue weighted by Gasteiger charge is -2.22. The standard InChI is InChI=1S/C17H23ClN6.HI/c1-5-9-19-17(20-11-16-22-21-13(2)24(16)4)23(3)12-14-7-6-8-15(18)10-14;/h5-8,10H,1,9,11-12H2,2-4H3,(H,19,20);1H. The van der Waals surface area contributed by atoms with Gasteiger partial charge in [0.05, 0.1) is 0 Å². The number of aliphatic imine (C=N–C) groups is 1. The predicted molar refractivity (Wildman–Crippen MR) is 113 cm³/mol. The molecule has 2 aromatic rings. The highest BCUT2D eigenvalue weighted by Crippen LogP contribution is 2.12. The fourth-order valence-corrected chi connectivity index (χ4v) is 2.41. The number of hydrogen-bond acceptors (Lipinski definition) is 3. The summed E-state index contributed by atoms with van der Waals surface area (Å²) in [6, 6.07) is 7.81. The summed E-state index contributed by atoms with van der Waals surface area (Å²) in [6.45, 7) is 7.45. The summed E-state index contributed by atoms with van der Waals surface area (Å²) in [4.78, 5) is 6.69. The Morgan fingerprint density at radius 3 is 2.80 bits per heavy atom. The van der Waals surface area contributed by atoms with E-state index in [1.165, 1.54) is 0 Å². The van der Waals surface area contributed by atoms with Crippen LogP contribution in [0.5, 0.6) is 0 Å². The smallest absolute Gasteiger partial charge is 0.194 e. The Morgan fingerprint density at radius 2 is 2.20 bits per heavy atom. The summed E-state index contributed by atoms with van der Waals surface area (Å²) in [7, 11) is 3.92. The van der Waals surface area contributed by atoms with Crippen molar-refractivity contribution < 1.29 is 0 Å². The first-order chi connectivity index (χ1) is 11.5. The maximum absolute atomic E-state index is 6.06. The van der Waals surface area contributed by atoms with Crippen molar-refractivity contribution in [1.82, 2.24) is 25.0 Å². The average Bonchev–Trinajstić information content (AvgIpc) is 2.87. The molecule has 0 saturated heterocycles. The van der Waals surface area contributed by atoms with Gasteiger partial charge in [0.2, 0.25) is 0 Å². The molecule has 25 heavy (non-hydrogen) atoms. The molecular formula is C17H24ClIN6. The third-order valence-electron chi connectivity index (χ3n) is 3.63. The Morgan fingerprint density at radius 1 is 1.44 bits per heavy atom. The molecule has 0 aliphatic heterocycles. The highest BCUT2D eigenvalue weighted by Gasteiger charge is 2.09. The van der Waals surface area contributed by atoms with E-state index in [-0.39, 0.29) is 24.0 Å². The topological polar surface area (TPSA) is 58.3 Å². The van der Waals surface area contributed by atoms with Crippen LogP contribution < -0.4 is 5.32 Å². The van der Waals surface area contributed by atoms with E-state index in [0.29, 0.717) is 19.6 Å². The third kappa shape index (κ3) is 6.32. The van der Waals surface area contributed by atoms with Gasteiger partial charge in [-0.05, 0) is 24.6 Å². The van der Waals surface area contributed by atoms with Gasteiger partial charge in [0.25, 0.3) is 0 Å². The lowest BCUT2D eigenvalue weighted by atomic mass is 10.2. The summed E-state index contributed by atoms with van der Waals surface area (Å²) in [6.07, 6.45) is 1.80.